The number of hydrogen-bond donors (Lipinski definition) is 3. The molecule has 3 atom stereocenters. The van der Waals surface area contributed by atoms with E-state index in [1.165, 1.54) is 10.0 Å². The van der Waals surface area contributed by atoms with Crippen LogP contribution in [0.15, 0.2) is 48.5 Å². The zero-order valence-corrected chi connectivity index (χ0v) is 25.6. The number of carbonyl (C=O) groups excluding carboxylic acids is 4. The molecule has 236 valence electrons. The lowest BCUT2D eigenvalue weighted by atomic mass is 10.1. The Labute approximate surface area is 257 Å². The number of aryl methyl sites for hydroxylation is 3. The minimum Gasteiger partial charge on any atom is -0.480 e. The van der Waals surface area contributed by atoms with Gasteiger partial charge in [0.2, 0.25) is 5.91 Å². The van der Waals surface area contributed by atoms with E-state index < -0.39 is 41.7 Å². The lowest BCUT2D eigenvalue weighted by Gasteiger charge is -2.37. The molecule has 2 aromatic carbocycles. The Balaban J connectivity index is 1.56. The maximum Gasteiger partial charge on any atom is 0.408 e. The molecule has 3 amide bonds. The predicted octanol–water partition coefficient (Wildman–Crippen LogP) is 3.57. The molecule has 2 aromatic rings. The van der Waals surface area contributed by atoms with Gasteiger partial charge in [-0.25, -0.2) is 9.80 Å². The van der Waals surface area contributed by atoms with E-state index in [1.807, 2.05) is 42.5 Å². The monoisotopic (exact) mass is 606 g/mol. The molecule has 0 bridgehead atoms. The lowest BCUT2D eigenvalue weighted by Crippen LogP contribution is -2.58. The van der Waals surface area contributed by atoms with E-state index in [-0.39, 0.29) is 31.7 Å². The summed E-state index contributed by atoms with van der Waals surface area (Å²) in [5, 5.41) is 18.3. The number of hydrazine groups is 1. The number of rotatable bonds is 12. The van der Waals surface area contributed by atoms with Gasteiger partial charge in [0.15, 0.2) is 0 Å². The van der Waals surface area contributed by atoms with Crippen molar-refractivity contribution in [1.82, 2.24) is 15.6 Å². The molecule has 2 aliphatic rings. The van der Waals surface area contributed by atoms with Gasteiger partial charge in [0.25, 0.3) is 5.91 Å². The second-order valence-electron chi connectivity index (χ2n) is 12.4. The maximum absolute atomic E-state index is 14.2. The summed E-state index contributed by atoms with van der Waals surface area (Å²) >= 11 is 0. The van der Waals surface area contributed by atoms with Crippen molar-refractivity contribution in [1.29, 1.82) is 0 Å². The Morgan fingerprint density at radius 1 is 1.09 bits per heavy atom. The van der Waals surface area contributed by atoms with Crippen molar-refractivity contribution in [2.24, 2.45) is 0 Å². The minimum atomic E-state index is -1.31. The van der Waals surface area contributed by atoms with E-state index in [9.17, 15) is 29.1 Å². The molecule has 1 saturated heterocycles. The third-order valence-electron chi connectivity index (χ3n) is 7.75. The fourth-order valence-corrected chi connectivity index (χ4v) is 5.78. The normalized spacial score (nSPS) is 18.6. The molecule has 1 unspecified atom stereocenters. The third-order valence-corrected chi connectivity index (χ3v) is 7.75. The molecular weight excluding hydrogens is 564 g/mol. The SMILES string of the molecule is CC(C)(C)OC(=O)N[C@@H](CC=O)C(=O)N(c1ccc2c(c1)CCC2)N1CC(NC(=O)CCCc2ccccc2)C[C@H]1C(=O)O. The van der Waals surface area contributed by atoms with Crippen molar-refractivity contribution in [3.05, 3.63) is 65.2 Å². The number of anilines is 1. The maximum atomic E-state index is 14.2. The Bertz CT molecular complexity index is 1360. The first-order valence-corrected chi connectivity index (χ1v) is 15.2. The second-order valence-corrected chi connectivity index (χ2v) is 12.4. The van der Waals surface area contributed by atoms with E-state index in [4.69, 9.17) is 4.74 Å². The zero-order valence-electron chi connectivity index (χ0n) is 25.6. The first-order valence-electron chi connectivity index (χ1n) is 15.2. The van der Waals surface area contributed by atoms with Gasteiger partial charge in [-0.15, -0.1) is 0 Å². The molecule has 0 radical (unpaired) electrons. The van der Waals surface area contributed by atoms with Gasteiger partial charge >= 0.3 is 12.1 Å². The number of hydrogen-bond acceptors (Lipinski definition) is 7. The molecule has 3 N–H and O–H groups in total. The summed E-state index contributed by atoms with van der Waals surface area (Å²) in [4.78, 5) is 63.8. The molecule has 0 saturated carbocycles. The lowest BCUT2D eigenvalue weighted by molar-refractivity contribution is -0.143. The van der Waals surface area contributed by atoms with Gasteiger partial charge in [-0.1, -0.05) is 36.4 Å². The number of carboxylic acid groups (broad SMARTS) is 1. The van der Waals surface area contributed by atoms with Crippen LogP contribution in [-0.2, 0) is 43.2 Å². The molecule has 1 heterocycles. The van der Waals surface area contributed by atoms with Gasteiger partial charge in [0.1, 0.15) is 24.0 Å². The number of alkyl carbamates (subject to hydrolysis) is 1. The average Bonchev–Trinajstić information content (AvgIpc) is 3.59. The Morgan fingerprint density at radius 3 is 2.50 bits per heavy atom. The molecule has 11 heteroatoms. The van der Waals surface area contributed by atoms with Crippen LogP contribution in [-0.4, -0.2) is 70.5 Å². The van der Waals surface area contributed by atoms with E-state index in [0.29, 0.717) is 18.4 Å². The number of fused-ring (bicyclic) bond motifs is 1. The largest absolute Gasteiger partial charge is 0.480 e. The molecule has 1 fully saturated rings. The molecular formula is C33H42N4O7. The fraction of sp³-hybridized carbons (Fsp3) is 0.485. The van der Waals surface area contributed by atoms with E-state index in [0.717, 1.165) is 42.4 Å². The van der Waals surface area contributed by atoms with Crippen LogP contribution in [0.25, 0.3) is 0 Å². The number of aldehydes is 1. The standard InChI is InChI=1S/C33H42N4O7/c1-33(2,3)44-32(43)35-27(17-18-38)30(40)37(26-16-15-23-12-8-13-24(23)19-26)36-21-25(20-28(36)31(41)42)34-29(39)14-7-11-22-9-5-4-6-10-22/h4-6,9-10,15-16,18-19,25,27-28H,7-8,11-14,17,20-21H2,1-3H3,(H,34,39)(H,35,43)(H,41,42)/t25?,27-,28-/m0/s1. The van der Waals surface area contributed by atoms with Crippen molar-refractivity contribution < 1.29 is 33.8 Å². The molecule has 0 aromatic heterocycles. The van der Waals surface area contributed by atoms with E-state index in [1.54, 1.807) is 26.8 Å². The topological polar surface area (TPSA) is 145 Å². The minimum absolute atomic E-state index is 0.0461. The van der Waals surface area contributed by atoms with Crippen LogP contribution in [0.5, 0.6) is 0 Å². The van der Waals surface area contributed by atoms with Crippen LogP contribution in [0.3, 0.4) is 0 Å². The number of aliphatic carboxylic acids is 1. The van der Waals surface area contributed by atoms with Crippen LogP contribution in [0.1, 0.15) is 69.6 Å². The second kappa shape index (κ2) is 14.5. The highest BCUT2D eigenvalue weighted by Crippen LogP contribution is 2.31. The van der Waals surface area contributed by atoms with Gasteiger partial charge in [0.05, 0.1) is 5.69 Å². The summed E-state index contributed by atoms with van der Waals surface area (Å²) in [6.07, 6.45) is 3.75. The Hall–Kier alpha value is -4.25. The molecule has 1 aliphatic heterocycles. The number of benzene rings is 2. The summed E-state index contributed by atoms with van der Waals surface area (Å²) < 4.78 is 5.32. The summed E-state index contributed by atoms with van der Waals surface area (Å²) in [6.45, 7) is 5.08. The van der Waals surface area contributed by atoms with Crippen molar-refractivity contribution in [3.8, 4) is 0 Å². The van der Waals surface area contributed by atoms with Crippen molar-refractivity contribution >= 4 is 35.9 Å². The van der Waals surface area contributed by atoms with Crippen LogP contribution in [0, 0.1) is 0 Å². The zero-order chi connectivity index (χ0) is 31.9. The molecule has 1 aliphatic carbocycles. The summed E-state index contributed by atoms with van der Waals surface area (Å²) in [5.74, 6) is -2.03. The highest BCUT2D eigenvalue weighted by atomic mass is 16.6. The smallest absolute Gasteiger partial charge is 0.408 e. The van der Waals surface area contributed by atoms with Gasteiger partial charge in [-0.05, 0) is 88.1 Å². The number of nitrogens with one attached hydrogen (secondary N) is 2. The quantitative estimate of drug-likeness (QED) is 0.311. The van der Waals surface area contributed by atoms with Crippen LogP contribution in [0.4, 0.5) is 10.5 Å². The Morgan fingerprint density at radius 2 is 1.82 bits per heavy atom. The molecule has 11 nitrogen and oxygen atoms in total. The van der Waals surface area contributed by atoms with Gasteiger partial charge in [0, 0.05) is 25.4 Å². The van der Waals surface area contributed by atoms with Crippen molar-refractivity contribution in [2.45, 2.75) is 95.9 Å². The fourth-order valence-electron chi connectivity index (χ4n) is 5.78. The first kappa shape index (κ1) is 32.7. The van der Waals surface area contributed by atoms with Crippen molar-refractivity contribution in [2.75, 3.05) is 11.6 Å². The van der Waals surface area contributed by atoms with Gasteiger partial charge in [-0.3, -0.25) is 14.4 Å². The highest BCUT2D eigenvalue weighted by molar-refractivity contribution is 5.99. The van der Waals surface area contributed by atoms with Gasteiger partial charge < -0.3 is 25.3 Å². The summed E-state index contributed by atoms with van der Waals surface area (Å²) in [7, 11) is 0. The number of nitrogens with zero attached hydrogens (tertiary/aromatic N) is 2. The molecule has 0 spiro atoms. The third kappa shape index (κ3) is 8.66. The number of carboxylic acids is 1. The van der Waals surface area contributed by atoms with Crippen LogP contribution in [0.2, 0.25) is 0 Å². The Kier molecular flexibility index (Phi) is 10.7. The van der Waals surface area contributed by atoms with E-state index in [2.05, 4.69) is 10.6 Å². The van der Waals surface area contributed by atoms with E-state index >= 15 is 0 Å². The predicted molar refractivity (Wildman–Crippen MR) is 164 cm³/mol. The van der Waals surface area contributed by atoms with Crippen LogP contribution < -0.4 is 15.6 Å². The van der Waals surface area contributed by atoms with Crippen molar-refractivity contribution in [3.63, 3.8) is 0 Å². The highest BCUT2D eigenvalue weighted by Gasteiger charge is 2.44. The first-order chi connectivity index (χ1) is 20.9. The number of carbonyl (C=O) groups is 5. The summed E-state index contributed by atoms with van der Waals surface area (Å²) in [6, 6.07) is 12.4. The van der Waals surface area contributed by atoms with Gasteiger partial charge in [-0.2, -0.15) is 5.01 Å². The number of ether oxygens (including phenoxy) is 1. The average molecular weight is 607 g/mol. The summed E-state index contributed by atoms with van der Waals surface area (Å²) in [5.41, 5.74) is 2.94. The molecule has 4 rings (SSSR count). The molecule has 44 heavy (non-hydrogen) atoms. The van der Waals surface area contributed by atoms with Crippen LogP contribution >= 0.6 is 0 Å². The number of amides is 3.